The van der Waals surface area contributed by atoms with Crippen molar-refractivity contribution in [3.8, 4) is 0 Å². The summed E-state index contributed by atoms with van der Waals surface area (Å²) in [7, 11) is 0. The Morgan fingerprint density at radius 2 is 2.09 bits per heavy atom. The van der Waals surface area contributed by atoms with Crippen LogP contribution in [0.1, 0.15) is 52.3 Å². The topological polar surface area (TPSA) is 103 Å². The second-order valence-electron chi connectivity index (χ2n) is 8.02. The molecule has 0 aliphatic heterocycles. The van der Waals surface area contributed by atoms with E-state index in [-0.39, 0.29) is 28.9 Å². The third-order valence-corrected chi connectivity index (χ3v) is 5.94. The Kier molecular flexibility index (Phi) is 4.61. The van der Waals surface area contributed by atoms with Crippen molar-refractivity contribution in [3.05, 3.63) is 82.7 Å². The number of halogens is 2. The number of hydrogen-bond acceptors (Lipinski definition) is 6. The third-order valence-electron chi connectivity index (χ3n) is 5.65. The first-order valence-corrected chi connectivity index (χ1v) is 10.8. The van der Waals surface area contributed by atoms with Crippen LogP contribution in [0.4, 0.5) is 4.39 Å². The lowest BCUT2D eigenvalue weighted by Crippen LogP contribution is -2.23. The van der Waals surface area contributed by atoms with Crippen molar-refractivity contribution in [1.82, 2.24) is 34.3 Å². The molecule has 33 heavy (non-hydrogen) atoms. The van der Waals surface area contributed by atoms with E-state index in [0.717, 1.165) is 11.3 Å². The number of hydrogen-bond donors (Lipinski definition) is 1. The van der Waals surface area contributed by atoms with E-state index in [4.69, 9.17) is 16.0 Å². The summed E-state index contributed by atoms with van der Waals surface area (Å²) in [6.45, 7) is -0.0277. The molecule has 5 heterocycles. The molecular formula is C22H17ClFN7O2. The van der Waals surface area contributed by atoms with Crippen LogP contribution in [-0.4, -0.2) is 34.9 Å². The first-order valence-electron chi connectivity index (χ1n) is 10.4. The Labute approximate surface area is 191 Å². The van der Waals surface area contributed by atoms with Crippen molar-refractivity contribution >= 4 is 28.7 Å². The molecule has 0 bridgehead atoms. The maximum absolute atomic E-state index is 14.3. The monoisotopic (exact) mass is 465 g/mol. The van der Waals surface area contributed by atoms with Crippen molar-refractivity contribution in [2.75, 3.05) is 0 Å². The largest absolute Gasteiger partial charge is 0.416 e. The van der Waals surface area contributed by atoms with Crippen LogP contribution in [0.15, 0.2) is 47.5 Å². The predicted octanol–water partition coefficient (Wildman–Crippen LogP) is 3.56. The van der Waals surface area contributed by atoms with Crippen LogP contribution in [0.2, 0.25) is 5.02 Å². The zero-order valence-electron chi connectivity index (χ0n) is 17.2. The van der Waals surface area contributed by atoms with Crippen molar-refractivity contribution < 1.29 is 13.6 Å². The Balaban J connectivity index is 1.14. The fourth-order valence-corrected chi connectivity index (χ4v) is 3.98. The van der Waals surface area contributed by atoms with Gasteiger partial charge >= 0.3 is 11.8 Å². The maximum atomic E-state index is 14.3. The number of carbonyl (C=O) groups is 1. The second kappa shape index (κ2) is 7.66. The van der Waals surface area contributed by atoms with Gasteiger partial charge in [0.05, 0.1) is 35.7 Å². The van der Waals surface area contributed by atoms with Crippen LogP contribution in [0.5, 0.6) is 0 Å². The van der Waals surface area contributed by atoms with Crippen molar-refractivity contribution in [3.63, 3.8) is 0 Å². The number of nitrogens with zero attached hydrogens (tertiary/aromatic N) is 6. The molecule has 1 aliphatic carbocycles. The quantitative estimate of drug-likeness (QED) is 0.411. The minimum Gasteiger partial charge on any atom is -0.416 e. The summed E-state index contributed by atoms with van der Waals surface area (Å²) in [6, 6.07) is 5.55. The highest BCUT2D eigenvalue weighted by molar-refractivity contribution is 6.31. The van der Waals surface area contributed by atoms with E-state index in [2.05, 4.69) is 37.7 Å². The molecule has 1 aliphatic rings. The molecule has 0 saturated heterocycles. The average Bonchev–Trinajstić information content (AvgIpc) is 3.23. The standard InChI is InChI=1S/C22H17ClFN7O2/c23-15-5-6-30-11-26-16(20(30)19(15)24)8-25-21(32)22-29-28-18(33-22)7-14-10-31-9-13(12-1-2-12)3-4-17(31)27-14/h3-6,9-12H,1-2,7-8H2,(H,25,32). The predicted molar refractivity (Wildman–Crippen MR) is 116 cm³/mol. The number of pyridine rings is 2. The number of amides is 1. The number of rotatable bonds is 6. The van der Waals surface area contributed by atoms with Crippen LogP contribution in [0.25, 0.3) is 11.2 Å². The van der Waals surface area contributed by atoms with E-state index >= 15 is 0 Å². The van der Waals surface area contributed by atoms with Gasteiger partial charge in [0.15, 0.2) is 5.82 Å². The first-order chi connectivity index (χ1) is 16.0. The zero-order valence-corrected chi connectivity index (χ0v) is 18.0. The van der Waals surface area contributed by atoms with E-state index in [1.807, 2.05) is 16.7 Å². The van der Waals surface area contributed by atoms with Gasteiger partial charge in [-0.1, -0.05) is 17.7 Å². The SMILES string of the molecule is O=C(NCc1ncn2ccc(Cl)c(F)c12)c1nnc(Cc2cn3cc(C4CC4)ccc3n2)o1. The molecule has 5 aromatic rings. The zero-order chi connectivity index (χ0) is 22.5. The van der Waals surface area contributed by atoms with E-state index < -0.39 is 11.7 Å². The number of carbonyl (C=O) groups excluding carboxylic acids is 1. The fourth-order valence-electron chi connectivity index (χ4n) is 3.83. The van der Waals surface area contributed by atoms with Gasteiger partial charge in [-0.15, -0.1) is 10.2 Å². The van der Waals surface area contributed by atoms with Crippen LogP contribution in [0.3, 0.4) is 0 Å². The number of fused-ring (bicyclic) bond motifs is 2. The summed E-state index contributed by atoms with van der Waals surface area (Å²) < 4.78 is 23.3. The molecule has 166 valence electrons. The van der Waals surface area contributed by atoms with Crippen LogP contribution >= 0.6 is 11.6 Å². The molecule has 9 nitrogen and oxygen atoms in total. The van der Waals surface area contributed by atoms with Crippen LogP contribution in [0, 0.1) is 5.82 Å². The lowest BCUT2D eigenvalue weighted by molar-refractivity contribution is 0.0914. The molecule has 1 fully saturated rings. The maximum Gasteiger partial charge on any atom is 0.309 e. The summed E-state index contributed by atoms with van der Waals surface area (Å²) in [5.41, 5.74) is 3.45. The summed E-state index contributed by atoms with van der Waals surface area (Å²) in [6.07, 6.45) is 9.84. The summed E-state index contributed by atoms with van der Waals surface area (Å²) in [4.78, 5) is 21.2. The summed E-state index contributed by atoms with van der Waals surface area (Å²) in [5, 5.41) is 10.4. The number of nitrogens with one attached hydrogen (secondary N) is 1. The lowest BCUT2D eigenvalue weighted by atomic mass is 10.2. The molecule has 0 atom stereocenters. The Bertz CT molecular complexity index is 1520. The van der Waals surface area contributed by atoms with Crippen molar-refractivity contribution in [2.45, 2.75) is 31.7 Å². The van der Waals surface area contributed by atoms with Crippen molar-refractivity contribution in [1.29, 1.82) is 0 Å². The summed E-state index contributed by atoms with van der Waals surface area (Å²) >= 11 is 5.85. The van der Waals surface area contributed by atoms with Gasteiger partial charge in [-0.25, -0.2) is 14.4 Å². The smallest absolute Gasteiger partial charge is 0.309 e. The van der Waals surface area contributed by atoms with Gasteiger partial charge in [0, 0.05) is 18.6 Å². The van der Waals surface area contributed by atoms with E-state index in [1.54, 1.807) is 6.20 Å². The van der Waals surface area contributed by atoms with Gasteiger partial charge in [-0.05, 0) is 36.5 Å². The Hall–Kier alpha value is -3.79. The minimum atomic E-state index is -0.599. The minimum absolute atomic E-state index is 0.0205. The van der Waals surface area contributed by atoms with Gasteiger partial charge in [0.2, 0.25) is 5.89 Å². The molecule has 11 heteroatoms. The molecule has 6 rings (SSSR count). The molecule has 1 amide bonds. The van der Waals surface area contributed by atoms with E-state index in [1.165, 1.54) is 35.2 Å². The lowest BCUT2D eigenvalue weighted by Gasteiger charge is -2.02. The van der Waals surface area contributed by atoms with Gasteiger partial charge in [0.25, 0.3) is 0 Å². The first kappa shape index (κ1) is 19.9. The van der Waals surface area contributed by atoms with Gasteiger partial charge in [0.1, 0.15) is 11.2 Å². The fraction of sp³-hybridized carbons (Fsp3) is 0.227. The van der Waals surface area contributed by atoms with Gasteiger partial charge in [-0.3, -0.25) is 4.79 Å². The highest BCUT2D eigenvalue weighted by Crippen LogP contribution is 2.39. The molecule has 0 aromatic carbocycles. The highest BCUT2D eigenvalue weighted by Gasteiger charge is 2.24. The van der Waals surface area contributed by atoms with Crippen LogP contribution < -0.4 is 5.32 Å². The Morgan fingerprint density at radius 3 is 2.94 bits per heavy atom. The number of imidazole rings is 2. The van der Waals surface area contributed by atoms with Gasteiger partial charge in [-0.2, -0.15) is 0 Å². The number of aromatic nitrogens is 6. The molecule has 0 spiro atoms. The average molecular weight is 466 g/mol. The second-order valence-corrected chi connectivity index (χ2v) is 8.43. The van der Waals surface area contributed by atoms with Crippen molar-refractivity contribution in [2.24, 2.45) is 0 Å². The molecule has 0 unspecified atom stereocenters. The summed E-state index contributed by atoms with van der Waals surface area (Å²) in [5.74, 6) is -0.437. The molecule has 0 radical (unpaired) electrons. The van der Waals surface area contributed by atoms with Crippen LogP contribution in [-0.2, 0) is 13.0 Å². The third kappa shape index (κ3) is 3.72. The van der Waals surface area contributed by atoms with E-state index in [0.29, 0.717) is 18.0 Å². The molecule has 1 saturated carbocycles. The highest BCUT2D eigenvalue weighted by atomic mass is 35.5. The molecule has 5 aromatic heterocycles. The molecular weight excluding hydrogens is 449 g/mol. The Morgan fingerprint density at radius 1 is 1.21 bits per heavy atom. The molecule has 1 N–H and O–H groups in total. The van der Waals surface area contributed by atoms with E-state index in [9.17, 15) is 9.18 Å². The van der Waals surface area contributed by atoms with Gasteiger partial charge < -0.3 is 18.5 Å². The normalized spacial score (nSPS) is 13.8.